The highest BCUT2D eigenvalue weighted by Gasteiger charge is 2.28. The Kier molecular flexibility index (Phi) is 5.17. The average molecular weight is 338 g/mol. The summed E-state index contributed by atoms with van der Waals surface area (Å²) in [5.74, 6) is -1.12. The maximum absolute atomic E-state index is 12.6. The molecule has 1 saturated heterocycles. The molecule has 1 aromatic rings. The first-order chi connectivity index (χ1) is 10.8. The molecule has 23 heavy (non-hydrogen) atoms. The van der Waals surface area contributed by atoms with Gasteiger partial charge in [-0.25, -0.2) is 13.2 Å². The van der Waals surface area contributed by atoms with E-state index in [4.69, 9.17) is 5.11 Å². The van der Waals surface area contributed by atoms with E-state index in [9.17, 15) is 18.0 Å². The lowest BCUT2D eigenvalue weighted by Crippen LogP contribution is -2.49. The molecule has 1 fully saturated rings. The highest BCUT2D eigenvalue weighted by Crippen LogP contribution is 2.18. The molecular formula is C15H18N2O5S. The highest BCUT2D eigenvalue weighted by atomic mass is 32.2. The van der Waals surface area contributed by atoms with Crippen LogP contribution in [0.2, 0.25) is 0 Å². The van der Waals surface area contributed by atoms with Crippen molar-refractivity contribution >= 4 is 28.0 Å². The molecule has 0 spiro atoms. The van der Waals surface area contributed by atoms with Crippen LogP contribution in [-0.4, -0.2) is 60.8 Å². The zero-order chi connectivity index (χ0) is 17.0. The number of carboxylic acid groups (broad SMARTS) is 1. The molecule has 1 N–H and O–H groups in total. The van der Waals surface area contributed by atoms with E-state index in [-0.39, 0.29) is 23.9 Å². The maximum Gasteiger partial charge on any atom is 0.328 e. The van der Waals surface area contributed by atoms with E-state index in [0.29, 0.717) is 18.7 Å². The minimum atomic E-state index is -3.60. The second-order valence-corrected chi connectivity index (χ2v) is 7.09. The Morgan fingerprint density at radius 3 is 2.13 bits per heavy atom. The van der Waals surface area contributed by atoms with Gasteiger partial charge in [0.15, 0.2) is 0 Å². The summed E-state index contributed by atoms with van der Waals surface area (Å²) in [6.07, 6.45) is 2.38. The fourth-order valence-corrected chi connectivity index (χ4v) is 3.73. The van der Waals surface area contributed by atoms with E-state index in [1.54, 1.807) is 17.0 Å². The van der Waals surface area contributed by atoms with Crippen molar-refractivity contribution in [3.8, 4) is 0 Å². The summed E-state index contributed by atoms with van der Waals surface area (Å²) in [5, 5.41) is 8.57. The van der Waals surface area contributed by atoms with Crippen molar-refractivity contribution < 1.29 is 23.1 Å². The SMILES string of the molecule is CC(=O)N1CCN(S(=O)(=O)c2ccc(/C=C/C(=O)O)cc2)CC1. The van der Waals surface area contributed by atoms with Crippen LogP contribution in [0.4, 0.5) is 0 Å². The van der Waals surface area contributed by atoms with Crippen LogP contribution in [0.3, 0.4) is 0 Å². The molecule has 2 rings (SSSR count). The Labute approximate surface area is 134 Å². The largest absolute Gasteiger partial charge is 0.478 e. The Morgan fingerprint density at radius 2 is 1.65 bits per heavy atom. The third-order valence-electron chi connectivity index (χ3n) is 3.62. The van der Waals surface area contributed by atoms with E-state index in [2.05, 4.69) is 0 Å². The number of aliphatic carboxylic acids is 1. The average Bonchev–Trinajstić information content (AvgIpc) is 2.53. The summed E-state index contributed by atoms with van der Waals surface area (Å²) in [6, 6.07) is 6.01. The number of rotatable bonds is 4. The predicted octanol–water partition coefficient (Wildman–Crippen LogP) is 0.637. The van der Waals surface area contributed by atoms with Gasteiger partial charge in [0.05, 0.1) is 4.90 Å². The minimum absolute atomic E-state index is 0.0587. The molecule has 0 aliphatic carbocycles. The monoisotopic (exact) mass is 338 g/mol. The Bertz CT molecular complexity index is 717. The van der Waals surface area contributed by atoms with E-state index in [1.165, 1.54) is 29.4 Å². The minimum Gasteiger partial charge on any atom is -0.478 e. The van der Waals surface area contributed by atoms with Gasteiger partial charge < -0.3 is 10.0 Å². The van der Waals surface area contributed by atoms with Crippen molar-refractivity contribution in [2.75, 3.05) is 26.2 Å². The van der Waals surface area contributed by atoms with E-state index < -0.39 is 16.0 Å². The summed E-state index contributed by atoms with van der Waals surface area (Å²) in [4.78, 5) is 23.5. The van der Waals surface area contributed by atoms with E-state index in [0.717, 1.165) is 6.08 Å². The van der Waals surface area contributed by atoms with E-state index in [1.807, 2.05) is 0 Å². The van der Waals surface area contributed by atoms with Gasteiger partial charge in [-0.2, -0.15) is 4.31 Å². The zero-order valence-electron chi connectivity index (χ0n) is 12.7. The van der Waals surface area contributed by atoms with Gasteiger partial charge in [0.1, 0.15) is 0 Å². The number of carbonyl (C=O) groups excluding carboxylic acids is 1. The second kappa shape index (κ2) is 6.93. The van der Waals surface area contributed by atoms with Crippen LogP contribution in [0.15, 0.2) is 35.2 Å². The van der Waals surface area contributed by atoms with Gasteiger partial charge in [0.2, 0.25) is 15.9 Å². The third-order valence-corrected chi connectivity index (χ3v) is 5.53. The van der Waals surface area contributed by atoms with Crippen LogP contribution in [0, 0.1) is 0 Å². The number of carbonyl (C=O) groups is 2. The van der Waals surface area contributed by atoms with Crippen LogP contribution in [-0.2, 0) is 19.6 Å². The standard InChI is InChI=1S/C15H18N2O5S/c1-12(18)16-8-10-17(11-9-16)23(21,22)14-5-2-13(3-6-14)4-7-15(19)20/h2-7H,8-11H2,1H3,(H,19,20)/b7-4+. The fraction of sp³-hybridized carbons (Fsp3) is 0.333. The number of nitrogens with zero attached hydrogens (tertiary/aromatic N) is 2. The van der Waals surface area contributed by atoms with Gasteiger partial charge in [-0.3, -0.25) is 4.79 Å². The number of hydrogen-bond donors (Lipinski definition) is 1. The van der Waals surface area contributed by atoms with Crippen LogP contribution < -0.4 is 0 Å². The zero-order valence-corrected chi connectivity index (χ0v) is 13.5. The predicted molar refractivity (Wildman–Crippen MR) is 84.1 cm³/mol. The van der Waals surface area contributed by atoms with Gasteiger partial charge in [-0.05, 0) is 23.8 Å². The number of carboxylic acids is 1. The molecule has 1 heterocycles. The summed E-state index contributed by atoms with van der Waals surface area (Å²) >= 11 is 0. The third kappa shape index (κ3) is 4.17. The first-order valence-corrected chi connectivity index (χ1v) is 8.51. The molecule has 8 heteroatoms. The van der Waals surface area contributed by atoms with Crippen molar-refractivity contribution in [2.45, 2.75) is 11.8 Å². The van der Waals surface area contributed by atoms with Gasteiger partial charge in [0.25, 0.3) is 0 Å². The molecule has 1 aromatic carbocycles. The number of benzene rings is 1. The summed E-state index contributed by atoms with van der Waals surface area (Å²) in [6.45, 7) is 2.76. The molecule has 1 aliphatic rings. The summed E-state index contributed by atoms with van der Waals surface area (Å²) < 4.78 is 26.5. The molecule has 1 amide bonds. The molecule has 0 atom stereocenters. The Hall–Kier alpha value is -2.19. The number of amides is 1. The molecule has 0 radical (unpaired) electrons. The smallest absolute Gasteiger partial charge is 0.328 e. The Morgan fingerprint density at radius 1 is 1.09 bits per heavy atom. The second-order valence-electron chi connectivity index (χ2n) is 5.15. The topological polar surface area (TPSA) is 95.0 Å². The fourth-order valence-electron chi connectivity index (χ4n) is 2.31. The molecule has 0 aromatic heterocycles. The maximum atomic E-state index is 12.6. The molecule has 0 saturated carbocycles. The van der Waals surface area contributed by atoms with E-state index >= 15 is 0 Å². The lowest BCUT2D eigenvalue weighted by Gasteiger charge is -2.33. The molecule has 1 aliphatic heterocycles. The quantitative estimate of drug-likeness (QED) is 0.813. The van der Waals surface area contributed by atoms with Crippen LogP contribution in [0.5, 0.6) is 0 Å². The molecule has 7 nitrogen and oxygen atoms in total. The van der Waals surface area contributed by atoms with Crippen molar-refractivity contribution in [3.63, 3.8) is 0 Å². The van der Waals surface area contributed by atoms with Gasteiger partial charge in [-0.15, -0.1) is 0 Å². The summed E-state index contributed by atoms with van der Waals surface area (Å²) in [5.41, 5.74) is 0.604. The van der Waals surface area contributed by atoms with Crippen molar-refractivity contribution in [1.29, 1.82) is 0 Å². The molecule has 0 unspecified atom stereocenters. The molecule has 124 valence electrons. The van der Waals surface area contributed by atoms with Gasteiger partial charge in [-0.1, -0.05) is 12.1 Å². The first-order valence-electron chi connectivity index (χ1n) is 7.07. The summed E-state index contributed by atoms with van der Waals surface area (Å²) in [7, 11) is -3.60. The molecular weight excluding hydrogens is 320 g/mol. The van der Waals surface area contributed by atoms with Gasteiger partial charge in [0, 0.05) is 39.2 Å². The Balaban J connectivity index is 2.11. The lowest BCUT2D eigenvalue weighted by atomic mass is 10.2. The number of sulfonamides is 1. The normalized spacial score (nSPS) is 16.7. The lowest BCUT2D eigenvalue weighted by molar-refractivity contribution is -0.131. The molecule has 0 bridgehead atoms. The van der Waals surface area contributed by atoms with Crippen molar-refractivity contribution in [1.82, 2.24) is 9.21 Å². The van der Waals surface area contributed by atoms with Crippen LogP contribution in [0.1, 0.15) is 12.5 Å². The number of piperazine rings is 1. The van der Waals surface area contributed by atoms with Crippen LogP contribution in [0.25, 0.3) is 6.08 Å². The highest BCUT2D eigenvalue weighted by molar-refractivity contribution is 7.89. The van der Waals surface area contributed by atoms with Crippen molar-refractivity contribution in [2.24, 2.45) is 0 Å². The number of hydrogen-bond acceptors (Lipinski definition) is 4. The van der Waals surface area contributed by atoms with Crippen LogP contribution >= 0.6 is 0 Å². The van der Waals surface area contributed by atoms with Crippen molar-refractivity contribution in [3.05, 3.63) is 35.9 Å². The van der Waals surface area contributed by atoms with Gasteiger partial charge >= 0.3 is 5.97 Å². The first kappa shape index (κ1) is 17.2.